The molecule has 1 unspecified atom stereocenters. The van der Waals surface area contributed by atoms with Crippen LogP contribution in [0.4, 0.5) is 10.5 Å². The van der Waals surface area contributed by atoms with E-state index in [0.29, 0.717) is 47.8 Å². The number of nitrogens with zero attached hydrogens (tertiary/aromatic N) is 4. The van der Waals surface area contributed by atoms with E-state index in [-0.39, 0.29) is 6.03 Å². The highest BCUT2D eigenvalue weighted by atomic mass is 35.5. The monoisotopic (exact) mass is 451 g/mol. The van der Waals surface area contributed by atoms with Crippen LogP contribution in [-0.2, 0) is 6.54 Å². The molecule has 0 saturated carbocycles. The van der Waals surface area contributed by atoms with Gasteiger partial charge < -0.3 is 18.9 Å². The molecule has 0 spiro atoms. The first kappa shape index (κ1) is 20.4. The van der Waals surface area contributed by atoms with Crippen molar-refractivity contribution < 1.29 is 14.3 Å². The predicted octanol–water partition coefficient (Wildman–Crippen LogP) is 4.19. The zero-order valence-electron chi connectivity index (χ0n) is 17.3. The van der Waals surface area contributed by atoms with Crippen molar-refractivity contribution >= 4 is 29.2 Å². The molecule has 3 aromatic rings. The maximum atomic E-state index is 12.9. The summed E-state index contributed by atoms with van der Waals surface area (Å²) in [6, 6.07) is 12.4. The topological polar surface area (TPSA) is 81.0 Å². The Bertz CT molecular complexity index is 1150. The summed E-state index contributed by atoms with van der Waals surface area (Å²) in [6.45, 7) is 2.32. The smallest absolute Gasteiger partial charge is 0.323 e. The molecule has 1 fully saturated rings. The summed E-state index contributed by atoms with van der Waals surface area (Å²) in [4.78, 5) is 23.5. The van der Waals surface area contributed by atoms with Gasteiger partial charge in [0, 0.05) is 42.1 Å². The number of aromatic nitrogens is 2. The number of aliphatic imine (C=N–C) groups is 1. The first-order valence-corrected chi connectivity index (χ1v) is 10.8. The lowest BCUT2D eigenvalue weighted by molar-refractivity contribution is 0.171. The third-order valence-electron chi connectivity index (χ3n) is 5.42. The number of rotatable bonds is 6. The SMILES string of the molecule is O=C1N/C(=N\c2ccc3c(c2)OCCO3)C(c2ccccc2Cl)N1CCCn1ccnc1. The molecule has 2 aromatic carbocycles. The van der Waals surface area contributed by atoms with Crippen molar-refractivity contribution in [2.24, 2.45) is 4.99 Å². The van der Waals surface area contributed by atoms with Gasteiger partial charge in [0.15, 0.2) is 11.5 Å². The zero-order chi connectivity index (χ0) is 21.9. The van der Waals surface area contributed by atoms with Gasteiger partial charge >= 0.3 is 6.03 Å². The fourth-order valence-corrected chi connectivity index (χ4v) is 4.17. The molecule has 2 aliphatic heterocycles. The number of ether oxygens (including phenoxy) is 2. The highest BCUT2D eigenvalue weighted by Crippen LogP contribution is 2.36. The molecule has 1 aromatic heterocycles. The standard InChI is InChI=1S/C23H22ClN5O3/c24-18-5-2-1-4-17(18)21-22(26-16-6-7-19-20(14-16)32-13-12-31-19)27-23(30)29(21)10-3-9-28-11-8-25-15-28/h1-2,4-8,11,14-15,21H,3,9-10,12-13H2,(H,26,27,30). The number of carbonyl (C=O) groups is 1. The summed E-state index contributed by atoms with van der Waals surface area (Å²) in [6.07, 6.45) is 6.18. The number of carbonyl (C=O) groups excluding carboxylic acids is 1. The lowest BCUT2D eigenvalue weighted by Gasteiger charge is -2.24. The van der Waals surface area contributed by atoms with Gasteiger partial charge in [0.25, 0.3) is 0 Å². The molecule has 8 nitrogen and oxygen atoms in total. The molecule has 32 heavy (non-hydrogen) atoms. The van der Waals surface area contributed by atoms with E-state index in [1.807, 2.05) is 53.2 Å². The van der Waals surface area contributed by atoms with Gasteiger partial charge in [-0.15, -0.1) is 0 Å². The number of hydrogen-bond acceptors (Lipinski definition) is 5. The predicted molar refractivity (Wildman–Crippen MR) is 121 cm³/mol. The Labute approximate surface area is 190 Å². The molecule has 0 radical (unpaired) electrons. The summed E-state index contributed by atoms with van der Waals surface area (Å²) in [5, 5.41) is 3.53. The van der Waals surface area contributed by atoms with Gasteiger partial charge in [-0.1, -0.05) is 29.8 Å². The molecule has 5 rings (SSSR count). The maximum Gasteiger partial charge on any atom is 0.323 e. The van der Waals surface area contributed by atoms with E-state index in [1.54, 1.807) is 17.4 Å². The lowest BCUT2D eigenvalue weighted by Crippen LogP contribution is -2.31. The molecule has 1 N–H and O–H groups in total. The summed E-state index contributed by atoms with van der Waals surface area (Å²) >= 11 is 6.53. The molecule has 2 amide bonds. The van der Waals surface area contributed by atoms with Gasteiger partial charge in [-0.3, -0.25) is 5.32 Å². The van der Waals surface area contributed by atoms with Gasteiger partial charge in [-0.2, -0.15) is 0 Å². The van der Waals surface area contributed by atoms with E-state index >= 15 is 0 Å². The van der Waals surface area contributed by atoms with E-state index in [0.717, 1.165) is 18.5 Å². The zero-order valence-corrected chi connectivity index (χ0v) is 18.0. The largest absolute Gasteiger partial charge is 0.486 e. The third kappa shape index (κ3) is 4.13. The quantitative estimate of drug-likeness (QED) is 0.609. The van der Waals surface area contributed by atoms with Crippen LogP contribution in [0.15, 0.2) is 66.2 Å². The van der Waals surface area contributed by atoms with Gasteiger partial charge in [-0.25, -0.2) is 14.8 Å². The Kier molecular flexibility index (Phi) is 5.68. The summed E-state index contributed by atoms with van der Waals surface area (Å²) in [5.41, 5.74) is 1.49. The van der Waals surface area contributed by atoms with Gasteiger partial charge in [-0.05, 0) is 24.6 Å². The lowest BCUT2D eigenvalue weighted by atomic mass is 10.0. The summed E-state index contributed by atoms with van der Waals surface area (Å²) in [7, 11) is 0. The van der Waals surface area contributed by atoms with Crippen molar-refractivity contribution in [1.82, 2.24) is 19.8 Å². The van der Waals surface area contributed by atoms with E-state index in [1.165, 1.54) is 0 Å². The van der Waals surface area contributed by atoms with Crippen LogP contribution in [0.25, 0.3) is 0 Å². The maximum absolute atomic E-state index is 12.9. The molecule has 0 aliphatic carbocycles. The Morgan fingerprint density at radius 1 is 1.12 bits per heavy atom. The second-order valence-corrected chi connectivity index (χ2v) is 7.93. The minimum atomic E-state index is -0.410. The van der Waals surface area contributed by atoms with Crippen LogP contribution in [0.1, 0.15) is 18.0 Å². The fourth-order valence-electron chi connectivity index (χ4n) is 3.93. The number of benzene rings is 2. The fraction of sp³-hybridized carbons (Fsp3) is 0.261. The number of halogens is 1. The van der Waals surface area contributed by atoms with Crippen molar-refractivity contribution in [2.45, 2.75) is 19.0 Å². The van der Waals surface area contributed by atoms with Crippen molar-refractivity contribution in [1.29, 1.82) is 0 Å². The number of hydrogen-bond donors (Lipinski definition) is 1. The van der Waals surface area contributed by atoms with E-state index in [4.69, 9.17) is 26.1 Å². The molecular formula is C23H22ClN5O3. The molecular weight excluding hydrogens is 430 g/mol. The number of amides is 2. The van der Waals surface area contributed by atoms with Gasteiger partial charge in [0.1, 0.15) is 25.1 Å². The van der Waals surface area contributed by atoms with Gasteiger partial charge in [0.05, 0.1) is 12.0 Å². The number of amidine groups is 1. The van der Waals surface area contributed by atoms with E-state index < -0.39 is 6.04 Å². The second kappa shape index (κ2) is 8.92. The minimum absolute atomic E-state index is 0.197. The normalized spacial score (nSPS) is 18.8. The Hall–Kier alpha value is -3.52. The third-order valence-corrected chi connectivity index (χ3v) is 5.76. The van der Waals surface area contributed by atoms with E-state index in [9.17, 15) is 4.79 Å². The molecule has 3 heterocycles. The van der Waals surface area contributed by atoms with Crippen LogP contribution in [0.5, 0.6) is 11.5 Å². The van der Waals surface area contributed by atoms with Crippen molar-refractivity contribution in [3.8, 4) is 11.5 Å². The van der Waals surface area contributed by atoms with Gasteiger partial charge in [0.2, 0.25) is 0 Å². The number of fused-ring (bicyclic) bond motifs is 1. The van der Waals surface area contributed by atoms with E-state index in [2.05, 4.69) is 10.3 Å². The number of imidazole rings is 1. The summed E-state index contributed by atoms with van der Waals surface area (Å²) in [5.74, 6) is 1.87. The van der Waals surface area contributed by atoms with Crippen LogP contribution in [0.2, 0.25) is 5.02 Å². The van der Waals surface area contributed by atoms with Crippen LogP contribution >= 0.6 is 11.6 Å². The molecule has 2 aliphatic rings. The first-order chi connectivity index (χ1) is 15.7. The van der Waals surface area contributed by atoms with Crippen molar-refractivity contribution in [3.05, 3.63) is 71.8 Å². The van der Waals surface area contributed by atoms with Crippen molar-refractivity contribution in [2.75, 3.05) is 19.8 Å². The van der Waals surface area contributed by atoms with Crippen molar-refractivity contribution in [3.63, 3.8) is 0 Å². The second-order valence-electron chi connectivity index (χ2n) is 7.53. The molecule has 1 atom stereocenters. The number of nitrogens with one attached hydrogen (secondary N) is 1. The molecule has 1 saturated heterocycles. The minimum Gasteiger partial charge on any atom is -0.486 e. The van der Waals surface area contributed by atoms with Crippen LogP contribution in [0, 0.1) is 0 Å². The van der Waals surface area contributed by atoms with Crippen LogP contribution in [0.3, 0.4) is 0 Å². The average molecular weight is 452 g/mol. The average Bonchev–Trinajstić information content (AvgIpc) is 3.42. The molecule has 9 heteroatoms. The Morgan fingerprint density at radius 3 is 2.78 bits per heavy atom. The summed E-state index contributed by atoms with van der Waals surface area (Å²) < 4.78 is 13.2. The number of urea groups is 1. The Morgan fingerprint density at radius 2 is 1.97 bits per heavy atom. The van der Waals surface area contributed by atoms with Crippen LogP contribution in [-0.4, -0.2) is 46.1 Å². The number of aryl methyl sites for hydroxylation is 1. The highest BCUT2D eigenvalue weighted by molar-refractivity contribution is 6.32. The first-order valence-electron chi connectivity index (χ1n) is 10.4. The molecule has 164 valence electrons. The Balaban J connectivity index is 1.45. The molecule has 0 bridgehead atoms. The highest BCUT2D eigenvalue weighted by Gasteiger charge is 2.38. The van der Waals surface area contributed by atoms with Crippen LogP contribution < -0.4 is 14.8 Å².